The molecule has 2 aliphatic heterocycles. The molecule has 2 aromatic rings. The second kappa shape index (κ2) is 6.95. The van der Waals surface area contributed by atoms with Gasteiger partial charge in [-0.1, -0.05) is 30.3 Å². The maximum Gasteiger partial charge on any atom is 0.327 e. The molecule has 3 atom stereocenters. The summed E-state index contributed by atoms with van der Waals surface area (Å²) < 4.78 is 5.02. The minimum absolute atomic E-state index is 0.368. The predicted octanol–water partition coefficient (Wildman–Crippen LogP) is 2.48. The van der Waals surface area contributed by atoms with E-state index in [9.17, 15) is 19.5 Å². The Morgan fingerprint density at radius 3 is 2.66 bits per heavy atom. The van der Waals surface area contributed by atoms with Gasteiger partial charge < -0.3 is 20.1 Å². The molecule has 0 saturated carbocycles. The number of thioether (sulfide) groups is 1. The molecule has 2 fully saturated rings. The van der Waals surface area contributed by atoms with Crippen LogP contribution in [0, 0.1) is 0 Å². The number of β-lactam (4-membered cyclic amide) rings is 1. The summed E-state index contributed by atoms with van der Waals surface area (Å²) in [4.78, 5) is 38.9. The van der Waals surface area contributed by atoms with Gasteiger partial charge in [0.05, 0.1) is 12.2 Å². The number of fused-ring (bicyclic) bond motifs is 2. The Labute approximate surface area is 172 Å². The topological polar surface area (TPSA) is 95.9 Å². The number of carbonyl (C=O) groups excluding carboxylic acids is 2. The number of hydrogen-bond donors (Lipinski definition) is 2. The van der Waals surface area contributed by atoms with Gasteiger partial charge in [-0.25, -0.2) is 4.79 Å². The molecule has 2 aromatic carbocycles. The number of benzene rings is 2. The van der Waals surface area contributed by atoms with Crippen LogP contribution in [0.2, 0.25) is 0 Å². The molecule has 0 aromatic heterocycles. The lowest BCUT2D eigenvalue weighted by molar-refractivity contribution is -0.159. The molecule has 4 rings (SSSR count). The molecular formula is C21H22N2O5S. The first-order chi connectivity index (χ1) is 13.8. The number of nitrogens with one attached hydrogen (secondary N) is 1. The zero-order valence-electron chi connectivity index (χ0n) is 16.3. The molecule has 0 radical (unpaired) electrons. The van der Waals surface area contributed by atoms with Crippen LogP contribution in [-0.4, -0.2) is 56.6 Å². The number of carboxylic acid groups (broad SMARTS) is 1. The van der Waals surface area contributed by atoms with Crippen molar-refractivity contribution in [1.82, 2.24) is 10.2 Å². The highest BCUT2D eigenvalue weighted by atomic mass is 32.2. The fourth-order valence-electron chi connectivity index (χ4n) is 4.12. The van der Waals surface area contributed by atoms with Crippen molar-refractivity contribution in [3.05, 3.63) is 42.0 Å². The summed E-state index contributed by atoms with van der Waals surface area (Å²) in [5.41, 5.74) is 0.383. The number of rotatable bonds is 5. The number of aliphatic carboxylic acids is 1. The molecule has 2 saturated heterocycles. The first-order valence-electron chi connectivity index (χ1n) is 9.44. The molecule has 8 heteroatoms. The molecule has 0 aliphatic carbocycles. The van der Waals surface area contributed by atoms with E-state index in [1.807, 2.05) is 37.3 Å². The molecule has 2 amide bonds. The highest BCUT2D eigenvalue weighted by molar-refractivity contribution is 8.01. The second-order valence-corrected chi connectivity index (χ2v) is 9.41. The van der Waals surface area contributed by atoms with Crippen LogP contribution in [0.3, 0.4) is 0 Å². The van der Waals surface area contributed by atoms with Crippen LogP contribution in [-0.2, 0) is 9.59 Å². The summed E-state index contributed by atoms with van der Waals surface area (Å²) in [6.07, 6.45) is 0. The van der Waals surface area contributed by atoms with Gasteiger partial charge in [-0.05, 0) is 37.6 Å². The number of nitrogens with zero attached hydrogens (tertiary/aromatic N) is 1. The van der Waals surface area contributed by atoms with Gasteiger partial charge in [0.2, 0.25) is 5.91 Å². The second-order valence-electron chi connectivity index (χ2n) is 7.64. The fourth-order valence-corrected chi connectivity index (χ4v) is 5.75. The molecule has 2 aliphatic rings. The molecule has 0 bridgehead atoms. The van der Waals surface area contributed by atoms with E-state index in [0.29, 0.717) is 17.9 Å². The van der Waals surface area contributed by atoms with E-state index in [0.717, 1.165) is 10.8 Å². The van der Waals surface area contributed by atoms with Gasteiger partial charge in [-0.15, -0.1) is 11.8 Å². The Morgan fingerprint density at radius 2 is 1.97 bits per heavy atom. The zero-order chi connectivity index (χ0) is 20.9. The van der Waals surface area contributed by atoms with Crippen LogP contribution in [0.4, 0.5) is 0 Å². The van der Waals surface area contributed by atoms with Crippen molar-refractivity contribution in [2.45, 2.75) is 43.0 Å². The maximum atomic E-state index is 13.2. The van der Waals surface area contributed by atoms with Crippen LogP contribution in [0.1, 0.15) is 31.1 Å². The maximum absolute atomic E-state index is 13.2. The van der Waals surface area contributed by atoms with Crippen LogP contribution in [0.15, 0.2) is 36.4 Å². The summed E-state index contributed by atoms with van der Waals surface area (Å²) in [7, 11) is 0. The Balaban J connectivity index is 1.64. The molecule has 29 heavy (non-hydrogen) atoms. The van der Waals surface area contributed by atoms with Crippen molar-refractivity contribution < 1.29 is 24.2 Å². The Hall–Kier alpha value is -2.74. The molecule has 2 heterocycles. The van der Waals surface area contributed by atoms with Crippen LogP contribution in [0.25, 0.3) is 10.8 Å². The lowest BCUT2D eigenvalue weighted by Gasteiger charge is -2.43. The lowest BCUT2D eigenvalue weighted by atomic mass is 9.95. The zero-order valence-corrected chi connectivity index (χ0v) is 17.2. The highest BCUT2D eigenvalue weighted by Gasteiger charge is 2.64. The van der Waals surface area contributed by atoms with E-state index in [4.69, 9.17) is 4.74 Å². The standard InChI is InChI=1S/C21H22N2O5S/c1-4-28-13-10-9-11-7-5-6-8-12(11)14(13)17(24)22-15-18(25)23-16(20(26)27)21(2,3)29-19(15)23/h5-10,15-16,19H,4H2,1-3H3,(H,22,24)(H,26,27)/t15?,16?,19-/m0/s1. The van der Waals surface area contributed by atoms with Crippen molar-refractivity contribution in [2.75, 3.05) is 6.61 Å². The van der Waals surface area contributed by atoms with Crippen LogP contribution >= 0.6 is 11.8 Å². The van der Waals surface area contributed by atoms with Crippen molar-refractivity contribution in [3.63, 3.8) is 0 Å². The number of ether oxygens (including phenoxy) is 1. The summed E-state index contributed by atoms with van der Waals surface area (Å²) in [6, 6.07) is 9.46. The number of carbonyl (C=O) groups is 3. The van der Waals surface area contributed by atoms with E-state index in [1.54, 1.807) is 19.9 Å². The van der Waals surface area contributed by atoms with Gasteiger partial charge in [0, 0.05) is 4.75 Å². The van der Waals surface area contributed by atoms with Crippen molar-refractivity contribution in [1.29, 1.82) is 0 Å². The highest BCUT2D eigenvalue weighted by Crippen LogP contribution is 2.50. The normalized spacial score (nSPS) is 24.7. The van der Waals surface area contributed by atoms with Gasteiger partial charge in [0.25, 0.3) is 5.91 Å². The first-order valence-corrected chi connectivity index (χ1v) is 10.3. The SMILES string of the molecule is CCOc1ccc2ccccc2c1C(=O)NC1C(=O)N2C(C(=O)O)C(C)(C)S[C@@H]12. The van der Waals surface area contributed by atoms with E-state index < -0.39 is 34.1 Å². The quantitative estimate of drug-likeness (QED) is 0.730. The Bertz CT molecular complexity index is 1020. The van der Waals surface area contributed by atoms with Gasteiger partial charge in [-0.2, -0.15) is 0 Å². The van der Waals surface area contributed by atoms with Crippen molar-refractivity contribution in [2.24, 2.45) is 0 Å². The van der Waals surface area contributed by atoms with Gasteiger partial charge >= 0.3 is 5.97 Å². The fraction of sp³-hybridized carbons (Fsp3) is 0.381. The van der Waals surface area contributed by atoms with Crippen molar-refractivity contribution in [3.8, 4) is 5.75 Å². The lowest BCUT2D eigenvalue weighted by Crippen LogP contribution is -2.70. The average Bonchev–Trinajstić information content (AvgIpc) is 2.94. The summed E-state index contributed by atoms with van der Waals surface area (Å²) in [6.45, 7) is 5.85. The molecular weight excluding hydrogens is 392 g/mol. The smallest absolute Gasteiger partial charge is 0.327 e. The summed E-state index contributed by atoms with van der Waals surface area (Å²) in [5, 5.41) is 13.6. The molecule has 0 spiro atoms. The van der Waals surface area contributed by atoms with Crippen LogP contribution < -0.4 is 10.1 Å². The molecule has 2 N–H and O–H groups in total. The average molecular weight is 414 g/mol. The van der Waals surface area contributed by atoms with Crippen molar-refractivity contribution >= 4 is 40.3 Å². The third-order valence-electron chi connectivity index (χ3n) is 5.38. The van der Waals surface area contributed by atoms with Crippen LogP contribution in [0.5, 0.6) is 5.75 Å². The van der Waals surface area contributed by atoms with Gasteiger partial charge in [0.15, 0.2) is 0 Å². The third kappa shape index (κ3) is 3.02. The first kappa shape index (κ1) is 19.6. The third-order valence-corrected chi connectivity index (χ3v) is 6.95. The summed E-state index contributed by atoms with van der Waals surface area (Å²) in [5.74, 6) is -1.35. The monoisotopic (exact) mass is 414 g/mol. The Morgan fingerprint density at radius 1 is 1.24 bits per heavy atom. The van der Waals surface area contributed by atoms with E-state index >= 15 is 0 Å². The molecule has 152 valence electrons. The number of amides is 2. The Kier molecular flexibility index (Phi) is 4.69. The van der Waals surface area contributed by atoms with Gasteiger partial charge in [-0.3, -0.25) is 9.59 Å². The van der Waals surface area contributed by atoms with E-state index in [-0.39, 0.29) is 5.91 Å². The predicted molar refractivity (Wildman–Crippen MR) is 110 cm³/mol. The van der Waals surface area contributed by atoms with Gasteiger partial charge in [0.1, 0.15) is 23.2 Å². The number of hydrogen-bond acceptors (Lipinski definition) is 5. The van der Waals surface area contributed by atoms with E-state index in [2.05, 4.69) is 5.32 Å². The largest absolute Gasteiger partial charge is 0.493 e. The molecule has 7 nitrogen and oxygen atoms in total. The minimum Gasteiger partial charge on any atom is -0.493 e. The van der Waals surface area contributed by atoms with E-state index in [1.165, 1.54) is 16.7 Å². The minimum atomic E-state index is -1.03. The summed E-state index contributed by atoms with van der Waals surface area (Å²) >= 11 is 1.40. The number of carboxylic acids is 1. The molecule has 2 unspecified atom stereocenters.